The van der Waals surface area contributed by atoms with Crippen LogP contribution in [0.2, 0.25) is 0 Å². The first-order valence-electron chi connectivity index (χ1n) is 2.57. The van der Waals surface area contributed by atoms with Crippen LogP contribution in [0.4, 0.5) is 0 Å². The Bertz CT molecular complexity index is 84.6. The van der Waals surface area contributed by atoms with Gasteiger partial charge in [0.1, 0.15) is 0 Å². The first-order chi connectivity index (χ1) is 4.63. The van der Waals surface area contributed by atoms with Crippen LogP contribution >= 0.6 is 34.8 Å². The van der Waals surface area contributed by atoms with Crippen LogP contribution in [-0.2, 0) is 9.47 Å². The summed E-state index contributed by atoms with van der Waals surface area (Å²) in [6.07, 6.45) is 0. The summed E-state index contributed by atoms with van der Waals surface area (Å²) in [4.78, 5) is -0.792. The molecule has 0 aromatic rings. The van der Waals surface area contributed by atoms with Gasteiger partial charge in [0.15, 0.2) is 4.84 Å². The summed E-state index contributed by atoms with van der Waals surface area (Å²) in [5.41, 5.74) is 0. The molecule has 0 spiro atoms. The molecular formula is C5H9Cl3O2. The van der Waals surface area contributed by atoms with E-state index in [0.29, 0.717) is 0 Å². The molecule has 0 fully saturated rings. The van der Waals surface area contributed by atoms with E-state index in [0.717, 1.165) is 0 Å². The number of methoxy groups -OCH3 is 2. The zero-order valence-corrected chi connectivity index (χ0v) is 8.00. The van der Waals surface area contributed by atoms with E-state index in [9.17, 15) is 0 Å². The fourth-order valence-electron chi connectivity index (χ4n) is 0.429. The SMILES string of the molecule is COC(CCl)(OC)C(Cl)Cl. The lowest BCUT2D eigenvalue weighted by molar-refractivity contribution is -0.179. The van der Waals surface area contributed by atoms with Crippen molar-refractivity contribution >= 4 is 34.8 Å². The minimum atomic E-state index is -1.08. The minimum Gasteiger partial charge on any atom is -0.350 e. The van der Waals surface area contributed by atoms with E-state index in [1.165, 1.54) is 14.2 Å². The zero-order valence-electron chi connectivity index (χ0n) is 5.73. The average molecular weight is 207 g/mol. The first kappa shape index (κ1) is 10.8. The third-order valence-corrected chi connectivity index (χ3v) is 2.25. The van der Waals surface area contributed by atoms with Gasteiger partial charge in [0, 0.05) is 14.2 Å². The number of ether oxygens (including phenoxy) is 2. The van der Waals surface area contributed by atoms with Gasteiger partial charge in [-0.3, -0.25) is 0 Å². The molecule has 0 aliphatic carbocycles. The summed E-state index contributed by atoms with van der Waals surface area (Å²) < 4.78 is 9.76. The second-order valence-corrected chi connectivity index (χ2v) is 3.02. The van der Waals surface area contributed by atoms with E-state index in [4.69, 9.17) is 44.3 Å². The highest BCUT2D eigenvalue weighted by Gasteiger charge is 2.36. The van der Waals surface area contributed by atoms with Gasteiger partial charge in [-0.15, -0.1) is 11.6 Å². The Hall–Kier alpha value is 0.790. The van der Waals surface area contributed by atoms with Crippen LogP contribution in [0.1, 0.15) is 0 Å². The fraction of sp³-hybridized carbons (Fsp3) is 1.00. The van der Waals surface area contributed by atoms with Gasteiger partial charge in [0.25, 0.3) is 0 Å². The van der Waals surface area contributed by atoms with E-state index >= 15 is 0 Å². The van der Waals surface area contributed by atoms with E-state index in [1.54, 1.807) is 0 Å². The second kappa shape index (κ2) is 4.62. The van der Waals surface area contributed by atoms with Crippen molar-refractivity contribution in [3.8, 4) is 0 Å². The highest BCUT2D eigenvalue weighted by Crippen LogP contribution is 2.25. The number of halogens is 3. The number of rotatable bonds is 4. The fourth-order valence-corrected chi connectivity index (χ4v) is 1.47. The maximum atomic E-state index is 5.53. The van der Waals surface area contributed by atoms with Gasteiger partial charge in [-0.2, -0.15) is 0 Å². The Labute approximate surface area is 75.3 Å². The lowest BCUT2D eigenvalue weighted by Crippen LogP contribution is -2.42. The molecule has 0 aromatic heterocycles. The van der Waals surface area contributed by atoms with Crippen molar-refractivity contribution in [1.29, 1.82) is 0 Å². The molecule has 0 heterocycles. The molecule has 62 valence electrons. The highest BCUT2D eigenvalue weighted by molar-refractivity contribution is 6.45. The quantitative estimate of drug-likeness (QED) is 0.519. The van der Waals surface area contributed by atoms with Crippen molar-refractivity contribution in [3.63, 3.8) is 0 Å². The Morgan fingerprint density at radius 1 is 1.30 bits per heavy atom. The normalized spacial score (nSPS) is 12.6. The van der Waals surface area contributed by atoms with Gasteiger partial charge >= 0.3 is 0 Å². The van der Waals surface area contributed by atoms with Crippen LogP contribution in [0, 0.1) is 0 Å². The van der Waals surface area contributed by atoms with Crippen LogP contribution in [0.15, 0.2) is 0 Å². The van der Waals surface area contributed by atoms with Crippen LogP contribution in [0.3, 0.4) is 0 Å². The molecule has 0 saturated carbocycles. The van der Waals surface area contributed by atoms with Crippen LogP contribution in [0.5, 0.6) is 0 Å². The molecule has 0 N–H and O–H groups in total. The Balaban J connectivity index is 4.15. The largest absolute Gasteiger partial charge is 0.350 e. The maximum Gasteiger partial charge on any atom is 0.212 e. The molecule has 0 aromatic carbocycles. The van der Waals surface area contributed by atoms with Crippen molar-refractivity contribution < 1.29 is 9.47 Å². The van der Waals surface area contributed by atoms with Crippen molar-refractivity contribution in [3.05, 3.63) is 0 Å². The van der Waals surface area contributed by atoms with Gasteiger partial charge < -0.3 is 9.47 Å². The molecule has 0 rings (SSSR count). The summed E-state index contributed by atoms with van der Waals surface area (Å²) in [6, 6.07) is 0. The molecule has 0 aliphatic rings. The van der Waals surface area contributed by atoms with E-state index in [-0.39, 0.29) is 5.88 Å². The summed E-state index contributed by atoms with van der Waals surface area (Å²) in [5, 5.41) is 0. The summed E-state index contributed by atoms with van der Waals surface area (Å²) >= 11 is 16.6. The van der Waals surface area contributed by atoms with Crippen molar-refractivity contribution in [2.75, 3.05) is 20.1 Å². The lowest BCUT2D eigenvalue weighted by Gasteiger charge is -2.29. The van der Waals surface area contributed by atoms with Crippen molar-refractivity contribution in [1.82, 2.24) is 0 Å². The van der Waals surface area contributed by atoms with Gasteiger partial charge in [-0.1, -0.05) is 23.2 Å². The predicted molar refractivity (Wildman–Crippen MR) is 43.0 cm³/mol. The summed E-state index contributed by atoms with van der Waals surface area (Å²) in [6.45, 7) is 0. The minimum absolute atomic E-state index is 0.0949. The van der Waals surface area contributed by atoms with Gasteiger partial charge in [-0.05, 0) is 0 Å². The molecule has 10 heavy (non-hydrogen) atoms. The van der Waals surface area contributed by atoms with Crippen molar-refractivity contribution in [2.45, 2.75) is 10.6 Å². The predicted octanol–water partition coefficient (Wildman–Crippen LogP) is 2.02. The third kappa shape index (κ3) is 2.14. The Morgan fingerprint density at radius 2 is 1.70 bits per heavy atom. The van der Waals surface area contributed by atoms with Crippen LogP contribution in [-0.4, -0.2) is 30.7 Å². The third-order valence-electron chi connectivity index (χ3n) is 1.21. The second-order valence-electron chi connectivity index (χ2n) is 1.65. The smallest absolute Gasteiger partial charge is 0.212 e. The molecule has 0 amide bonds. The molecule has 0 aliphatic heterocycles. The van der Waals surface area contributed by atoms with E-state index in [2.05, 4.69) is 0 Å². The van der Waals surface area contributed by atoms with Gasteiger partial charge in [0.2, 0.25) is 5.79 Å². The number of hydrogen-bond acceptors (Lipinski definition) is 2. The number of hydrogen-bond donors (Lipinski definition) is 0. The molecule has 5 heteroatoms. The zero-order chi connectivity index (χ0) is 8.20. The molecular weight excluding hydrogens is 198 g/mol. The average Bonchev–Trinajstić information content (AvgIpc) is 1.92. The molecule has 0 bridgehead atoms. The molecule has 0 unspecified atom stereocenters. The lowest BCUT2D eigenvalue weighted by atomic mass is 10.4. The van der Waals surface area contributed by atoms with Crippen molar-refractivity contribution in [2.24, 2.45) is 0 Å². The molecule has 0 radical (unpaired) electrons. The standard InChI is InChI=1S/C5H9Cl3O2/c1-9-5(3-6,10-2)4(7)8/h4H,3H2,1-2H3. The van der Waals surface area contributed by atoms with Gasteiger partial charge in [-0.25, -0.2) is 0 Å². The maximum absolute atomic E-state index is 5.53. The van der Waals surface area contributed by atoms with Crippen LogP contribution in [0.25, 0.3) is 0 Å². The van der Waals surface area contributed by atoms with Crippen LogP contribution < -0.4 is 0 Å². The summed E-state index contributed by atoms with van der Waals surface area (Å²) in [5.74, 6) is -0.984. The highest BCUT2D eigenvalue weighted by atomic mass is 35.5. The molecule has 0 atom stereocenters. The molecule has 0 saturated heterocycles. The number of alkyl halides is 3. The van der Waals surface area contributed by atoms with Gasteiger partial charge in [0.05, 0.1) is 5.88 Å². The Morgan fingerprint density at radius 3 is 1.70 bits per heavy atom. The monoisotopic (exact) mass is 206 g/mol. The Kier molecular flexibility index (Phi) is 4.99. The van der Waals surface area contributed by atoms with E-state index < -0.39 is 10.6 Å². The molecule has 2 nitrogen and oxygen atoms in total. The topological polar surface area (TPSA) is 18.5 Å². The first-order valence-corrected chi connectivity index (χ1v) is 3.98. The van der Waals surface area contributed by atoms with E-state index in [1.807, 2.05) is 0 Å². The summed E-state index contributed by atoms with van der Waals surface area (Å²) in [7, 11) is 2.87.